The maximum absolute atomic E-state index is 12.6. The number of rotatable bonds is 4. The van der Waals surface area contributed by atoms with Crippen molar-refractivity contribution in [3.8, 4) is 5.75 Å². The molecule has 1 aliphatic rings. The average molecular weight is 313 g/mol. The van der Waals surface area contributed by atoms with Crippen molar-refractivity contribution < 1.29 is 9.53 Å². The molecule has 1 amide bonds. The van der Waals surface area contributed by atoms with Crippen LogP contribution in [-0.4, -0.2) is 22.7 Å². The Morgan fingerprint density at radius 3 is 2.91 bits per heavy atom. The van der Waals surface area contributed by atoms with Crippen LogP contribution in [0.3, 0.4) is 0 Å². The number of ether oxygens (including phenoxy) is 1. The van der Waals surface area contributed by atoms with Gasteiger partial charge in [0.2, 0.25) is 0 Å². The molecule has 0 radical (unpaired) electrons. The van der Waals surface area contributed by atoms with E-state index in [2.05, 4.69) is 15.5 Å². The van der Waals surface area contributed by atoms with Gasteiger partial charge in [-0.05, 0) is 44.7 Å². The second-order valence-corrected chi connectivity index (χ2v) is 5.86. The summed E-state index contributed by atoms with van der Waals surface area (Å²) in [6.07, 6.45) is 6.66. The first-order valence-electron chi connectivity index (χ1n) is 8.38. The Morgan fingerprint density at radius 1 is 1.26 bits per heavy atom. The van der Waals surface area contributed by atoms with Crippen LogP contribution in [-0.2, 0) is 12.8 Å². The van der Waals surface area contributed by atoms with Gasteiger partial charge in [-0.1, -0.05) is 18.9 Å². The Morgan fingerprint density at radius 2 is 2.09 bits per heavy atom. The van der Waals surface area contributed by atoms with Crippen LogP contribution in [0.25, 0.3) is 0 Å². The molecule has 0 atom stereocenters. The van der Waals surface area contributed by atoms with E-state index in [1.54, 1.807) is 0 Å². The largest absolute Gasteiger partial charge is 0.494 e. The predicted molar refractivity (Wildman–Crippen MR) is 90.0 cm³/mol. The molecule has 0 aliphatic heterocycles. The third kappa shape index (κ3) is 3.73. The second-order valence-electron chi connectivity index (χ2n) is 5.86. The molecular weight excluding hydrogens is 290 g/mol. The van der Waals surface area contributed by atoms with Crippen molar-refractivity contribution in [2.24, 2.45) is 0 Å². The van der Waals surface area contributed by atoms with Crippen LogP contribution in [0.15, 0.2) is 24.3 Å². The SMILES string of the molecule is CCOc1cccc(NC(=O)c2n[nH]c3c2CCCCCC3)c1. The zero-order valence-corrected chi connectivity index (χ0v) is 13.5. The summed E-state index contributed by atoms with van der Waals surface area (Å²) < 4.78 is 5.47. The molecular formula is C18H23N3O2. The minimum Gasteiger partial charge on any atom is -0.494 e. The molecule has 2 N–H and O–H groups in total. The van der Waals surface area contributed by atoms with Gasteiger partial charge in [0.15, 0.2) is 5.69 Å². The summed E-state index contributed by atoms with van der Waals surface area (Å²) in [5.74, 6) is 0.597. The van der Waals surface area contributed by atoms with E-state index in [4.69, 9.17) is 4.74 Å². The number of hydrogen-bond acceptors (Lipinski definition) is 3. The molecule has 0 saturated heterocycles. The van der Waals surface area contributed by atoms with Gasteiger partial charge in [-0.2, -0.15) is 5.10 Å². The second kappa shape index (κ2) is 7.31. The zero-order valence-electron chi connectivity index (χ0n) is 13.5. The zero-order chi connectivity index (χ0) is 16.1. The molecule has 3 rings (SSSR count). The van der Waals surface area contributed by atoms with E-state index in [1.807, 2.05) is 31.2 Å². The van der Waals surface area contributed by atoms with Crippen molar-refractivity contribution in [3.63, 3.8) is 0 Å². The number of hydrogen-bond donors (Lipinski definition) is 2. The van der Waals surface area contributed by atoms with Gasteiger partial charge in [0.05, 0.1) is 6.61 Å². The van der Waals surface area contributed by atoms with Crippen molar-refractivity contribution in [2.75, 3.05) is 11.9 Å². The van der Waals surface area contributed by atoms with Crippen molar-refractivity contribution >= 4 is 11.6 Å². The van der Waals surface area contributed by atoms with E-state index >= 15 is 0 Å². The van der Waals surface area contributed by atoms with Gasteiger partial charge < -0.3 is 10.1 Å². The fourth-order valence-corrected chi connectivity index (χ4v) is 3.04. The summed E-state index contributed by atoms with van der Waals surface area (Å²) in [6.45, 7) is 2.54. The Balaban J connectivity index is 1.77. The van der Waals surface area contributed by atoms with Gasteiger partial charge in [0.25, 0.3) is 5.91 Å². The number of nitrogens with one attached hydrogen (secondary N) is 2. The van der Waals surface area contributed by atoms with Crippen LogP contribution in [0.1, 0.15) is 54.4 Å². The maximum atomic E-state index is 12.6. The standard InChI is InChI=1S/C18H23N3O2/c1-2-23-14-9-7-8-13(12-14)19-18(22)17-15-10-5-3-4-6-11-16(15)20-21-17/h7-9,12H,2-6,10-11H2,1H3,(H,19,22)(H,20,21). The lowest BCUT2D eigenvalue weighted by molar-refractivity contribution is 0.102. The first-order chi connectivity index (χ1) is 11.3. The smallest absolute Gasteiger partial charge is 0.276 e. The molecule has 1 aliphatic carbocycles. The summed E-state index contributed by atoms with van der Waals surface area (Å²) in [5.41, 5.74) is 3.47. The van der Waals surface area contributed by atoms with Crippen LogP contribution in [0, 0.1) is 0 Å². The van der Waals surface area contributed by atoms with Crippen LogP contribution in [0.5, 0.6) is 5.75 Å². The van der Waals surface area contributed by atoms with Crippen molar-refractivity contribution in [3.05, 3.63) is 41.2 Å². The Kier molecular flexibility index (Phi) is 4.95. The van der Waals surface area contributed by atoms with Crippen LogP contribution in [0.2, 0.25) is 0 Å². The molecule has 1 heterocycles. The molecule has 0 saturated carbocycles. The minimum absolute atomic E-state index is 0.156. The Labute approximate surface area is 136 Å². The summed E-state index contributed by atoms with van der Waals surface area (Å²) in [4.78, 5) is 12.6. The highest BCUT2D eigenvalue weighted by Gasteiger charge is 2.20. The van der Waals surface area contributed by atoms with Gasteiger partial charge in [0, 0.05) is 23.0 Å². The van der Waals surface area contributed by atoms with E-state index in [1.165, 1.54) is 12.8 Å². The lowest BCUT2D eigenvalue weighted by atomic mass is 9.97. The topological polar surface area (TPSA) is 67.0 Å². The number of aromatic amines is 1. The monoisotopic (exact) mass is 313 g/mol. The molecule has 1 aromatic heterocycles. The molecule has 2 aromatic rings. The van der Waals surface area contributed by atoms with Crippen molar-refractivity contribution in [2.45, 2.75) is 45.4 Å². The number of aryl methyl sites for hydroxylation is 1. The van der Waals surface area contributed by atoms with E-state index in [-0.39, 0.29) is 5.91 Å². The number of carbonyl (C=O) groups is 1. The molecule has 23 heavy (non-hydrogen) atoms. The van der Waals surface area contributed by atoms with Gasteiger partial charge in [0.1, 0.15) is 5.75 Å². The number of anilines is 1. The first-order valence-corrected chi connectivity index (χ1v) is 8.38. The number of nitrogens with zero attached hydrogens (tertiary/aromatic N) is 1. The lowest BCUT2D eigenvalue weighted by Gasteiger charge is -2.11. The fraction of sp³-hybridized carbons (Fsp3) is 0.444. The summed E-state index contributed by atoms with van der Waals surface area (Å²) in [7, 11) is 0. The van der Waals surface area contributed by atoms with E-state index in [0.29, 0.717) is 12.3 Å². The molecule has 0 fully saturated rings. The third-order valence-corrected chi connectivity index (χ3v) is 4.17. The Hall–Kier alpha value is -2.30. The summed E-state index contributed by atoms with van der Waals surface area (Å²) >= 11 is 0. The highest BCUT2D eigenvalue weighted by Crippen LogP contribution is 2.23. The van der Waals surface area contributed by atoms with E-state index in [0.717, 1.165) is 48.4 Å². The minimum atomic E-state index is -0.156. The first kappa shape index (κ1) is 15.6. The van der Waals surface area contributed by atoms with Gasteiger partial charge >= 0.3 is 0 Å². The lowest BCUT2D eigenvalue weighted by Crippen LogP contribution is -2.15. The van der Waals surface area contributed by atoms with Crippen molar-refractivity contribution in [1.82, 2.24) is 10.2 Å². The highest BCUT2D eigenvalue weighted by molar-refractivity contribution is 6.04. The van der Waals surface area contributed by atoms with E-state index < -0.39 is 0 Å². The number of carbonyl (C=O) groups excluding carboxylic acids is 1. The highest BCUT2D eigenvalue weighted by atomic mass is 16.5. The number of aromatic nitrogens is 2. The summed E-state index contributed by atoms with van der Waals surface area (Å²) in [5, 5.41) is 10.3. The summed E-state index contributed by atoms with van der Waals surface area (Å²) in [6, 6.07) is 7.44. The van der Waals surface area contributed by atoms with Gasteiger partial charge in [-0.15, -0.1) is 0 Å². The normalized spacial score (nSPS) is 14.5. The molecule has 5 nitrogen and oxygen atoms in total. The van der Waals surface area contributed by atoms with Crippen LogP contribution >= 0.6 is 0 Å². The average Bonchev–Trinajstić information content (AvgIpc) is 2.90. The number of fused-ring (bicyclic) bond motifs is 1. The quantitative estimate of drug-likeness (QED) is 0.904. The van der Waals surface area contributed by atoms with E-state index in [9.17, 15) is 4.79 Å². The molecule has 0 spiro atoms. The molecule has 0 bridgehead atoms. The number of H-pyrrole nitrogens is 1. The number of benzene rings is 1. The predicted octanol–water partition coefficient (Wildman–Crippen LogP) is 3.72. The van der Waals surface area contributed by atoms with Crippen molar-refractivity contribution in [1.29, 1.82) is 0 Å². The van der Waals surface area contributed by atoms with Gasteiger partial charge in [-0.25, -0.2) is 0 Å². The number of amides is 1. The van der Waals surface area contributed by atoms with Gasteiger partial charge in [-0.3, -0.25) is 9.89 Å². The molecule has 5 heteroatoms. The molecule has 122 valence electrons. The maximum Gasteiger partial charge on any atom is 0.276 e. The Bertz CT molecular complexity index is 679. The van der Waals surface area contributed by atoms with Crippen LogP contribution < -0.4 is 10.1 Å². The fourth-order valence-electron chi connectivity index (χ4n) is 3.04. The third-order valence-electron chi connectivity index (χ3n) is 4.17. The molecule has 1 aromatic carbocycles. The van der Waals surface area contributed by atoms with Crippen LogP contribution in [0.4, 0.5) is 5.69 Å². The molecule has 0 unspecified atom stereocenters.